The maximum Gasteiger partial charge on any atom is 0.159 e. The summed E-state index contributed by atoms with van der Waals surface area (Å²) in [5, 5.41) is 0. The summed E-state index contributed by atoms with van der Waals surface area (Å²) in [7, 11) is 3.38. The predicted octanol–water partition coefficient (Wildman–Crippen LogP) is 2.29. The monoisotopic (exact) mass is 160 g/mol. The molecule has 68 valence electrons. The lowest BCUT2D eigenvalue weighted by Gasteiger charge is -2.25. The number of rotatable bonds is 5. The molecule has 0 aliphatic heterocycles. The minimum Gasteiger partial charge on any atom is -0.356 e. The standard InChI is InChI=1S/C9H20O2/c1-6-7(2)8(3)9(10-4)11-5/h7-9H,6H2,1-5H3. The van der Waals surface area contributed by atoms with E-state index in [1.165, 1.54) is 6.42 Å². The maximum absolute atomic E-state index is 5.16. The molecule has 0 fully saturated rings. The highest BCUT2D eigenvalue weighted by Crippen LogP contribution is 2.20. The molecule has 11 heavy (non-hydrogen) atoms. The van der Waals surface area contributed by atoms with E-state index in [2.05, 4.69) is 20.8 Å². The summed E-state index contributed by atoms with van der Waals surface area (Å²) in [6.07, 6.45) is 1.12. The van der Waals surface area contributed by atoms with E-state index >= 15 is 0 Å². The quantitative estimate of drug-likeness (QED) is 0.574. The van der Waals surface area contributed by atoms with Gasteiger partial charge in [0.1, 0.15) is 0 Å². The molecule has 2 nitrogen and oxygen atoms in total. The minimum atomic E-state index is -0.0510. The largest absolute Gasteiger partial charge is 0.356 e. The summed E-state index contributed by atoms with van der Waals surface area (Å²) in [5.74, 6) is 1.12. The van der Waals surface area contributed by atoms with Crippen LogP contribution in [0.1, 0.15) is 27.2 Å². The lowest BCUT2D eigenvalue weighted by molar-refractivity contribution is -0.143. The number of methoxy groups -OCH3 is 2. The summed E-state index contributed by atoms with van der Waals surface area (Å²) in [6.45, 7) is 6.56. The van der Waals surface area contributed by atoms with E-state index in [9.17, 15) is 0 Å². The second kappa shape index (κ2) is 5.56. The Hall–Kier alpha value is -0.0800. The van der Waals surface area contributed by atoms with Crippen LogP contribution < -0.4 is 0 Å². The Bertz CT molecular complexity index is 89.6. The van der Waals surface area contributed by atoms with Crippen LogP contribution in [-0.2, 0) is 9.47 Å². The highest BCUT2D eigenvalue weighted by Gasteiger charge is 2.20. The van der Waals surface area contributed by atoms with Crippen molar-refractivity contribution in [2.24, 2.45) is 11.8 Å². The van der Waals surface area contributed by atoms with E-state index in [-0.39, 0.29) is 6.29 Å². The molecule has 0 saturated carbocycles. The van der Waals surface area contributed by atoms with Crippen molar-refractivity contribution in [2.45, 2.75) is 33.5 Å². The van der Waals surface area contributed by atoms with Crippen LogP contribution in [0.3, 0.4) is 0 Å². The normalized spacial score (nSPS) is 16.9. The van der Waals surface area contributed by atoms with Gasteiger partial charge in [-0.1, -0.05) is 27.2 Å². The second-order valence-electron chi connectivity index (χ2n) is 3.08. The Morgan fingerprint density at radius 1 is 1.09 bits per heavy atom. The fourth-order valence-electron chi connectivity index (χ4n) is 1.17. The van der Waals surface area contributed by atoms with Crippen LogP contribution in [0, 0.1) is 11.8 Å². The SMILES string of the molecule is CCC(C)C(C)C(OC)OC. The van der Waals surface area contributed by atoms with E-state index in [0.717, 1.165) is 0 Å². The van der Waals surface area contributed by atoms with Gasteiger partial charge in [-0.15, -0.1) is 0 Å². The molecule has 2 unspecified atom stereocenters. The van der Waals surface area contributed by atoms with Crippen molar-refractivity contribution in [1.29, 1.82) is 0 Å². The molecule has 0 aliphatic rings. The zero-order valence-corrected chi connectivity index (χ0v) is 8.26. The smallest absolute Gasteiger partial charge is 0.159 e. The molecule has 0 spiro atoms. The molecule has 2 heteroatoms. The summed E-state index contributed by atoms with van der Waals surface area (Å²) < 4.78 is 10.3. The first-order chi connectivity index (χ1) is 5.17. The molecule has 0 heterocycles. The van der Waals surface area contributed by atoms with Gasteiger partial charge in [0.15, 0.2) is 6.29 Å². The van der Waals surface area contributed by atoms with E-state index < -0.39 is 0 Å². The highest BCUT2D eigenvalue weighted by atomic mass is 16.7. The van der Waals surface area contributed by atoms with Crippen LogP contribution in [0.15, 0.2) is 0 Å². The minimum absolute atomic E-state index is 0.0510. The fourth-order valence-corrected chi connectivity index (χ4v) is 1.17. The van der Waals surface area contributed by atoms with Crippen molar-refractivity contribution < 1.29 is 9.47 Å². The number of hydrogen-bond acceptors (Lipinski definition) is 2. The lowest BCUT2D eigenvalue weighted by atomic mass is 9.93. The second-order valence-corrected chi connectivity index (χ2v) is 3.08. The summed E-state index contributed by atoms with van der Waals surface area (Å²) in [6, 6.07) is 0. The zero-order valence-electron chi connectivity index (χ0n) is 8.26. The maximum atomic E-state index is 5.16. The van der Waals surface area contributed by atoms with Gasteiger partial charge in [-0.3, -0.25) is 0 Å². The van der Waals surface area contributed by atoms with Crippen LogP contribution in [-0.4, -0.2) is 20.5 Å². The summed E-state index contributed by atoms with van der Waals surface area (Å²) in [5.41, 5.74) is 0. The topological polar surface area (TPSA) is 18.5 Å². The Balaban J connectivity index is 3.86. The molecular weight excluding hydrogens is 140 g/mol. The zero-order chi connectivity index (χ0) is 8.85. The molecule has 0 bridgehead atoms. The van der Waals surface area contributed by atoms with Crippen LogP contribution in [0.2, 0.25) is 0 Å². The average molecular weight is 160 g/mol. The van der Waals surface area contributed by atoms with Gasteiger partial charge in [0.2, 0.25) is 0 Å². The van der Waals surface area contributed by atoms with Crippen molar-refractivity contribution in [3.8, 4) is 0 Å². The average Bonchev–Trinajstić information content (AvgIpc) is 2.05. The van der Waals surface area contributed by atoms with Crippen LogP contribution in [0.5, 0.6) is 0 Å². The number of ether oxygens (including phenoxy) is 2. The van der Waals surface area contributed by atoms with Gasteiger partial charge in [-0.05, 0) is 5.92 Å². The fraction of sp³-hybridized carbons (Fsp3) is 1.00. The molecular formula is C9H20O2. The van der Waals surface area contributed by atoms with Gasteiger partial charge < -0.3 is 9.47 Å². The van der Waals surface area contributed by atoms with Crippen molar-refractivity contribution >= 4 is 0 Å². The van der Waals surface area contributed by atoms with Gasteiger partial charge in [0, 0.05) is 20.1 Å². The van der Waals surface area contributed by atoms with Crippen LogP contribution >= 0.6 is 0 Å². The van der Waals surface area contributed by atoms with Gasteiger partial charge >= 0.3 is 0 Å². The van der Waals surface area contributed by atoms with Gasteiger partial charge in [0.05, 0.1) is 0 Å². The van der Waals surface area contributed by atoms with E-state index in [1.807, 2.05) is 0 Å². The first-order valence-electron chi connectivity index (χ1n) is 4.22. The first-order valence-corrected chi connectivity index (χ1v) is 4.22. The van der Waals surface area contributed by atoms with Crippen LogP contribution in [0.25, 0.3) is 0 Å². The summed E-state index contributed by atoms with van der Waals surface area (Å²) in [4.78, 5) is 0. The predicted molar refractivity (Wildman–Crippen MR) is 46.4 cm³/mol. The van der Waals surface area contributed by atoms with Crippen molar-refractivity contribution in [3.63, 3.8) is 0 Å². The molecule has 0 aliphatic carbocycles. The first kappa shape index (κ1) is 10.9. The third kappa shape index (κ3) is 3.21. The van der Waals surface area contributed by atoms with E-state index in [1.54, 1.807) is 14.2 Å². The molecule has 2 atom stereocenters. The van der Waals surface area contributed by atoms with Gasteiger partial charge in [-0.25, -0.2) is 0 Å². The summed E-state index contributed by atoms with van der Waals surface area (Å²) >= 11 is 0. The molecule has 0 aromatic carbocycles. The van der Waals surface area contributed by atoms with E-state index in [4.69, 9.17) is 9.47 Å². The van der Waals surface area contributed by atoms with Gasteiger partial charge in [0.25, 0.3) is 0 Å². The molecule has 0 saturated heterocycles. The van der Waals surface area contributed by atoms with E-state index in [0.29, 0.717) is 11.8 Å². The molecule has 0 N–H and O–H groups in total. The van der Waals surface area contributed by atoms with Crippen molar-refractivity contribution in [2.75, 3.05) is 14.2 Å². The highest BCUT2D eigenvalue weighted by molar-refractivity contribution is 4.63. The number of hydrogen-bond donors (Lipinski definition) is 0. The molecule has 0 radical (unpaired) electrons. The third-order valence-corrected chi connectivity index (χ3v) is 2.44. The molecule has 0 aromatic heterocycles. The van der Waals surface area contributed by atoms with Crippen molar-refractivity contribution in [1.82, 2.24) is 0 Å². The molecule has 0 amide bonds. The Morgan fingerprint density at radius 3 is 1.82 bits per heavy atom. The molecule has 0 aromatic rings. The van der Waals surface area contributed by atoms with Crippen molar-refractivity contribution in [3.05, 3.63) is 0 Å². The Kier molecular flexibility index (Phi) is 5.51. The Morgan fingerprint density at radius 2 is 1.55 bits per heavy atom. The lowest BCUT2D eigenvalue weighted by Crippen LogP contribution is -2.27. The van der Waals surface area contributed by atoms with Gasteiger partial charge in [-0.2, -0.15) is 0 Å². The third-order valence-electron chi connectivity index (χ3n) is 2.44. The Labute approximate surface area is 69.9 Å². The molecule has 0 rings (SSSR count). The van der Waals surface area contributed by atoms with Crippen LogP contribution in [0.4, 0.5) is 0 Å².